The molecule has 0 saturated carbocycles. The Morgan fingerprint density at radius 3 is 2.45 bits per heavy atom. The predicted octanol–water partition coefficient (Wildman–Crippen LogP) is 4.76. The zero-order chi connectivity index (χ0) is 20.6. The molecule has 29 heavy (non-hydrogen) atoms. The Labute approximate surface area is 180 Å². The summed E-state index contributed by atoms with van der Waals surface area (Å²) in [7, 11) is 0. The lowest BCUT2D eigenvalue weighted by atomic mass is 9.87. The van der Waals surface area contributed by atoms with Crippen LogP contribution >= 0.6 is 15.9 Å². The number of halogens is 1. The van der Waals surface area contributed by atoms with Gasteiger partial charge in [0.15, 0.2) is 0 Å². The summed E-state index contributed by atoms with van der Waals surface area (Å²) >= 11 is 3.49. The van der Waals surface area contributed by atoms with Crippen molar-refractivity contribution in [3.63, 3.8) is 0 Å². The molecule has 2 aromatic rings. The zero-order valence-electron chi connectivity index (χ0n) is 17.0. The number of carbonyl (C=O) groups is 1. The molecule has 154 valence electrons. The molecule has 0 aromatic heterocycles. The van der Waals surface area contributed by atoms with Gasteiger partial charge in [-0.3, -0.25) is 4.79 Å². The second-order valence-corrected chi connectivity index (χ2v) is 9.32. The van der Waals surface area contributed by atoms with E-state index in [1.54, 1.807) is 4.90 Å². The van der Waals surface area contributed by atoms with Crippen molar-refractivity contribution in [2.45, 2.75) is 38.4 Å². The SMILES string of the molecule is CC(C)(C)c1ccc(OCCN2C(=O)C3(OCCCO3)c3cc(Br)ccc32)cc1. The molecule has 1 spiro atoms. The first kappa shape index (κ1) is 20.4. The van der Waals surface area contributed by atoms with E-state index in [0.29, 0.717) is 26.4 Å². The Morgan fingerprint density at radius 2 is 1.79 bits per heavy atom. The molecule has 2 aromatic carbocycles. The molecule has 2 aliphatic heterocycles. The van der Waals surface area contributed by atoms with Gasteiger partial charge in [-0.25, -0.2) is 0 Å². The predicted molar refractivity (Wildman–Crippen MR) is 115 cm³/mol. The van der Waals surface area contributed by atoms with Crippen LogP contribution in [0.4, 0.5) is 5.69 Å². The molecule has 2 aliphatic rings. The number of benzene rings is 2. The van der Waals surface area contributed by atoms with Crippen LogP contribution in [0.25, 0.3) is 0 Å². The third-order valence-corrected chi connectivity index (χ3v) is 5.83. The lowest BCUT2D eigenvalue weighted by Crippen LogP contribution is -2.48. The Bertz CT molecular complexity index is 898. The lowest BCUT2D eigenvalue weighted by molar-refractivity contribution is -0.256. The number of carbonyl (C=O) groups excluding carboxylic acids is 1. The Morgan fingerprint density at radius 1 is 1.10 bits per heavy atom. The highest BCUT2D eigenvalue weighted by atomic mass is 79.9. The van der Waals surface area contributed by atoms with Gasteiger partial charge in [-0.1, -0.05) is 48.8 Å². The van der Waals surface area contributed by atoms with Crippen LogP contribution in [-0.2, 0) is 25.5 Å². The van der Waals surface area contributed by atoms with Crippen LogP contribution < -0.4 is 9.64 Å². The van der Waals surface area contributed by atoms with E-state index in [2.05, 4.69) is 48.8 Å². The average molecular weight is 460 g/mol. The maximum atomic E-state index is 13.3. The van der Waals surface area contributed by atoms with Gasteiger partial charge in [0, 0.05) is 10.0 Å². The number of fused-ring (bicyclic) bond motifs is 2. The Kier molecular flexibility index (Phi) is 5.44. The van der Waals surface area contributed by atoms with Gasteiger partial charge in [-0.2, -0.15) is 0 Å². The molecule has 0 bridgehead atoms. The van der Waals surface area contributed by atoms with Crippen molar-refractivity contribution < 1.29 is 19.0 Å². The number of hydrogen-bond donors (Lipinski definition) is 0. The minimum absolute atomic E-state index is 0.104. The van der Waals surface area contributed by atoms with Gasteiger partial charge in [0.2, 0.25) is 0 Å². The summed E-state index contributed by atoms with van der Waals surface area (Å²) in [6.45, 7) is 8.36. The molecule has 0 aliphatic carbocycles. The maximum absolute atomic E-state index is 13.3. The van der Waals surface area contributed by atoms with Crippen LogP contribution in [0.5, 0.6) is 5.75 Å². The van der Waals surface area contributed by atoms with Gasteiger partial charge in [-0.15, -0.1) is 0 Å². The molecule has 0 radical (unpaired) electrons. The summed E-state index contributed by atoms with van der Waals surface area (Å²) in [4.78, 5) is 15.0. The molecule has 1 saturated heterocycles. The highest BCUT2D eigenvalue weighted by molar-refractivity contribution is 9.10. The number of nitrogens with zero attached hydrogens (tertiary/aromatic N) is 1. The fourth-order valence-electron chi connectivity index (χ4n) is 3.75. The minimum atomic E-state index is -1.33. The number of rotatable bonds is 4. The quantitative estimate of drug-likeness (QED) is 0.660. The summed E-state index contributed by atoms with van der Waals surface area (Å²) < 4.78 is 18.6. The van der Waals surface area contributed by atoms with Crippen molar-refractivity contribution in [3.8, 4) is 5.75 Å². The molecule has 5 nitrogen and oxygen atoms in total. The summed E-state index contributed by atoms with van der Waals surface area (Å²) in [5, 5.41) is 0. The van der Waals surface area contributed by atoms with Crippen LogP contribution in [0.2, 0.25) is 0 Å². The summed E-state index contributed by atoms with van der Waals surface area (Å²) in [6, 6.07) is 13.9. The fraction of sp³-hybridized carbons (Fsp3) is 0.435. The highest BCUT2D eigenvalue weighted by Crippen LogP contribution is 2.46. The monoisotopic (exact) mass is 459 g/mol. The Hall–Kier alpha value is -1.89. The van der Waals surface area contributed by atoms with Crippen LogP contribution in [0, 0.1) is 0 Å². The first-order valence-corrected chi connectivity index (χ1v) is 10.7. The van der Waals surface area contributed by atoms with E-state index in [4.69, 9.17) is 14.2 Å². The molecule has 4 rings (SSSR count). The maximum Gasteiger partial charge on any atom is 0.292 e. The van der Waals surface area contributed by atoms with Crippen molar-refractivity contribution in [3.05, 3.63) is 58.1 Å². The van der Waals surface area contributed by atoms with Crippen molar-refractivity contribution >= 4 is 27.5 Å². The first-order chi connectivity index (χ1) is 13.8. The van der Waals surface area contributed by atoms with E-state index in [0.717, 1.165) is 27.9 Å². The second kappa shape index (κ2) is 7.74. The largest absolute Gasteiger partial charge is 0.492 e. The first-order valence-electron chi connectivity index (χ1n) is 9.94. The molecule has 0 unspecified atom stereocenters. The van der Waals surface area contributed by atoms with E-state index in [-0.39, 0.29) is 11.3 Å². The minimum Gasteiger partial charge on any atom is -0.492 e. The van der Waals surface area contributed by atoms with E-state index in [9.17, 15) is 4.79 Å². The fourth-order valence-corrected chi connectivity index (χ4v) is 4.11. The summed E-state index contributed by atoms with van der Waals surface area (Å²) in [5.41, 5.74) is 2.93. The van der Waals surface area contributed by atoms with Gasteiger partial charge in [0.1, 0.15) is 12.4 Å². The van der Waals surface area contributed by atoms with Crippen molar-refractivity contribution in [1.82, 2.24) is 0 Å². The molecule has 1 fully saturated rings. The summed E-state index contributed by atoms with van der Waals surface area (Å²) in [6.07, 6.45) is 0.784. The second-order valence-electron chi connectivity index (χ2n) is 8.41. The van der Waals surface area contributed by atoms with Crippen LogP contribution in [0.3, 0.4) is 0 Å². The van der Waals surface area contributed by atoms with Crippen molar-refractivity contribution in [1.29, 1.82) is 0 Å². The third kappa shape index (κ3) is 3.81. The van der Waals surface area contributed by atoms with Gasteiger partial charge >= 0.3 is 0 Å². The third-order valence-electron chi connectivity index (χ3n) is 5.33. The number of ether oxygens (including phenoxy) is 3. The van der Waals surface area contributed by atoms with E-state index < -0.39 is 5.79 Å². The van der Waals surface area contributed by atoms with Crippen molar-refractivity contribution in [2.75, 3.05) is 31.3 Å². The normalized spacial score (nSPS) is 18.2. The zero-order valence-corrected chi connectivity index (χ0v) is 18.6. The molecule has 0 atom stereocenters. The van der Waals surface area contributed by atoms with E-state index >= 15 is 0 Å². The molecular formula is C23H26BrNO4. The average Bonchev–Trinajstić information content (AvgIpc) is 2.91. The lowest BCUT2D eigenvalue weighted by Gasteiger charge is -2.32. The van der Waals surface area contributed by atoms with Gasteiger partial charge in [0.25, 0.3) is 11.7 Å². The molecule has 1 amide bonds. The van der Waals surface area contributed by atoms with Crippen LogP contribution in [-0.4, -0.2) is 32.3 Å². The summed E-state index contributed by atoms with van der Waals surface area (Å²) in [5.74, 6) is -0.719. The van der Waals surface area contributed by atoms with Crippen molar-refractivity contribution in [2.24, 2.45) is 0 Å². The number of anilines is 1. The van der Waals surface area contributed by atoms with Gasteiger partial charge in [0.05, 0.1) is 25.4 Å². The molecule has 2 heterocycles. The van der Waals surface area contributed by atoms with E-state index in [1.165, 1.54) is 5.56 Å². The topological polar surface area (TPSA) is 48.0 Å². The molecule has 0 N–H and O–H groups in total. The molecule has 6 heteroatoms. The standard InChI is InChI=1S/C23H26BrNO4/c1-22(2,3)16-5-8-18(9-6-16)27-14-11-25-20-10-7-17(24)15-19(20)23(21(25)26)28-12-4-13-29-23/h5-10,15H,4,11-14H2,1-3H3. The smallest absolute Gasteiger partial charge is 0.292 e. The Balaban J connectivity index is 1.49. The van der Waals surface area contributed by atoms with E-state index in [1.807, 2.05) is 30.3 Å². The van der Waals surface area contributed by atoms with Gasteiger partial charge in [-0.05, 0) is 47.7 Å². The molecular weight excluding hydrogens is 434 g/mol. The number of hydrogen-bond acceptors (Lipinski definition) is 4. The number of amides is 1. The highest BCUT2D eigenvalue weighted by Gasteiger charge is 2.54. The van der Waals surface area contributed by atoms with Crippen LogP contribution in [0.15, 0.2) is 46.9 Å². The van der Waals surface area contributed by atoms with Gasteiger partial charge < -0.3 is 19.1 Å². The van der Waals surface area contributed by atoms with Crippen LogP contribution in [0.1, 0.15) is 38.3 Å².